The SMILES string of the molecule is CC(=O)N[C@@H](CC(=O)NCc1ccc(NC(N)=O)cc1)c1ccc(Cl)cc1. The van der Waals surface area contributed by atoms with Crippen molar-refractivity contribution in [1.82, 2.24) is 10.6 Å². The van der Waals surface area contributed by atoms with Gasteiger partial charge in [-0.2, -0.15) is 0 Å². The van der Waals surface area contributed by atoms with E-state index in [-0.39, 0.29) is 18.2 Å². The molecule has 0 saturated carbocycles. The van der Waals surface area contributed by atoms with Gasteiger partial charge in [0.2, 0.25) is 11.8 Å². The highest BCUT2D eigenvalue weighted by molar-refractivity contribution is 6.30. The summed E-state index contributed by atoms with van der Waals surface area (Å²) < 4.78 is 0. The highest BCUT2D eigenvalue weighted by Gasteiger charge is 2.17. The van der Waals surface area contributed by atoms with E-state index < -0.39 is 12.1 Å². The quantitative estimate of drug-likeness (QED) is 0.584. The zero-order valence-corrected chi connectivity index (χ0v) is 15.5. The third-order valence-electron chi connectivity index (χ3n) is 3.75. The summed E-state index contributed by atoms with van der Waals surface area (Å²) in [6.07, 6.45) is 0.0997. The van der Waals surface area contributed by atoms with Crippen LogP contribution in [-0.4, -0.2) is 17.8 Å². The topological polar surface area (TPSA) is 113 Å². The first-order valence-electron chi connectivity index (χ1n) is 8.28. The van der Waals surface area contributed by atoms with Crippen molar-refractivity contribution in [3.8, 4) is 0 Å². The van der Waals surface area contributed by atoms with Crippen LogP contribution >= 0.6 is 11.6 Å². The number of nitrogens with two attached hydrogens (primary N) is 1. The Kier molecular flexibility index (Phi) is 7.19. The molecular formula is C19H21ClN4O3. The summed E-state index contributed by atoms with van der Waals surface area (Å²) in [7, 11) is 0. The van der Waals surface area contributed by atoms with E-state index in [1.165, 1.54) is 6.92 Å². The summed E-state index contributed by atoms with van der Waals surface area (Å²) in [4.78, 5) is 34.6. The first kappa shape index (κ1) is 20.3. The Morgan fingerprint density at radius 2 is 1.67 bits per heavy atom. The number of urea groups is 1. The lowest BCUT2D eigenvalue weighted by atomic mass is 10.0. The Morgan fingerprint density at radius 1 is 1.04 bits per heavy atom. The zero-order valence-electron chi connectivity index (χ0n) is 14.8. The number of carbonyl (C=O) groups is 3. The van der Waals surface area contributed by atoms with Crippen molar-refractivity contribution >= 4 is 35.1 Å². The molecule has 0 aliphatic carbocycles. The second-order valence-electron chi connectivity index (χ2n) is 5.97. The molecule has 0 saturated heterocycles. The predicted molar refractivity (Wildman–Crippen MR) is 104 cm³/mol. The minimum atomic E-state index is -0.637. The van der Waals surface area contributed by atoms with Crippen molar-refractivity contribution in [2.45, 2.75) is 25.9 Å². The molecule has 1 atom stereocenters. The lowest BCUT2D eigenvalue weighted by Gasteiger charge is -2.18. The largest absolute Gasteiger partial charge is 0.352 e. The molecule has 8 heteroatoms. The number of carbonyl (C=O) groups excluding carboxylic acids is 3. The smallest absolute Gasteiger partial charge is 0.316 e. The van der Waals surface area contributed by atoms with Crippen LogP contribution in [0.2, 0.25) is 5.02 Å². The van der Waals surface area contributed by atoms with Gasteiger partial charge >= 0.3 is 6.03 Å². The van der Waals surface area contributed by atoms with Crippen LogP contribution in [0.25, 0.3) is 0 Å². The fourth-order valence-electron chi connectivity index (χ4n) is 2.50. The lowest BCUT2D eigenvalue weighted by Crippen LogP contribution is -2.32. The summed E-state index contributed by atoms with van der Waals surface area (Å²) in [5.74, 6) is -0.427. The van der Waals surface area contributed by atoms with Crippen molar-refractivity contribution in [2.24, 2.45) is 5.73 Å². The third kappa shape index (κ3) is 6.99. The van der Waals surface area contributed by atoms with Crippen LogP contribution in [-0.2, 0) is 16.1 Å². The van der Waals surface area contributed by atoms with Crippen molar-refractivity contribution in [3.05, 3.63) is 64.7 Å². The van der Waals surface area contributed by atoms with Crippen LogP contribution < -0.4 is 21.7 Å². The second kappa shape index (κ2) is 9.59. The number of anilines is 1. The average Bonchev–Trinajstić information content (AvgIpc) is 2.60. The van der Waals surface area contributed by atoms with Crippen molar-refractivity contribution in [1.29, 1.82) is 0 Å². The fraction of sp³-hybridized carbons (Fsp3) is 0.211. The molecule has 0 aliphatic heterocycles. The number of hydrogen-bond acceptors (Lipinski definition) is 3. The summed E-state index contributed by atoms with van der Waals surface area (Å²) in [5, 5.41) is 8.64. The molecule has 0 fully saturated rings. The lowest BCUT2D eigenvalue weighted by molar-refractivity contribution is -0.122. The van der Waals surface area contributed by atoms with Crippen molar-refractivity contribution < 1.29 is 14.4 Å². The van der Waals surface area contributed by atoms with E-state index >= 15 is 0 Å². The maximum atomic E-state index is 12.3. The molecule has 0 bridgehead atoms. The average molecular weight is 389 g/mol. The van der Waals surface area contributed by atoms with Crippen molar-refractivity contribution in [2.75, 3.05) is 5.32 Å². The van der Waals surface area contributed by atoms with Gasteiger partial charge in [-0.1, -0.05) is 35.9 Å². The van der Waals surface area contributed by atoms with Gasteiger partial charge in [0.1, 0.15) is 0 Å². The Morgan fingerprint density at radius 3 is 2.22 bits per heavy atom. The normalized spacial score (nSPS) is 11.3. The zero-order chi connectivity index (χ0) is 19.8. The van der Waals surface area contributed by atoms with E-state index in [4.69, 9.17) is 17.3 Å². The summed E-state index contributed by atoms with van der Waals surface area (Å²) in [6.45, 7) is 1.73. The standard InChI is InChI=1S/C19H21ClN4O3/c1-12(25)23-17(14-4-6-15(20)7-5-14)10-18(26)22-11-13-2-8-16(9-3-13)24-19(21)27/h2-9,17H,10-11H2,1H3,(H,22,26)(H,23,25)(H3,21,24,27)/t17-/m0/s1. The van der Waals surface area contributed by atoms with E-state index in [0.717, 1.165) is 11.1 Å². The molecule has 27 heavy (non-hydrogen) atoms. The minimum absolute atomic E-state index is 0.0997. The van der Waals surface area contributed by atoms with Gasteiger partial charge in [-0.3, -0.25) is 9.59 Å². The molecule has 0 spiro atoms. The van der Waals surface area contributed by atoms with Gasteiger partial charge in [0.15, 0.2) is 0 Å². The first-order chi connectivity index (χ1) is 12.8. The molecule has 2 aromatic carbocycles. The summed E-state index contributed by atoms with van der Waals surface area (Å²) >= 11 is 5.89. The van der Waals surface area contributed by atoms with Gasteiger partial charge in [-0.05, 0) is 35.4 Å². The first-order valence-corrected chi connectivity index (χ1v) is 8.66. The number of rotatable bonds is 7. The monoisotopic (exact) mass is 388 g/mol. The number of benzene rings is 2. The maximum Gasteiger partial charge on any atom is 0.316 e. The molecule has 0 heterocycles. The van der Waals surface area contributed by atoms with E-state index in [2.05, 4.69) is 16.0 Å². The van der Waals surface area contributed by atoms with Crippen molar-refractivity contribution in [3.63, 3.8) is 0 Å². The van der Waals surface area contributed by atoms with Crippen LogP contribution in [0.3, 0.4) is 0 Å². The molecular weight excluding hydrogens is 368 g/mol. The summed E-state index contributed by atoms with van der Waals surface area (Å²) in [5.41, 5.74) is 7.29. The predicted octanol–water partition coefficient (Wildman–Crippen LogP) is 2.71. The van der Waals surface area contributed by atoms with E-state index in [1.807, 2.05) is 0 Å². The Balaban J connectivity index is 1.94. The van der Waals surface area contributed by atoms with E-state index in [0.29, 0.717) is 17.3 Å². The van der Waals surface area contributed by atoms with Crippen LogP contribution in [0.5, 0.6) is 0 Å². The summed E-state index contributed by atoms with van der Waals surface area (Å²) in [6, 6.07) is 12.8. The number of primary amides is 1. The second-order valence-corrected chi connectivity index (χ2v) is 6.41. The highest BCUT2D eigenvalue weighted by Crippen LogP contribution is 2.19. The third-order valence-corrected chi connectivity index (χ3v) is 4.00. The number of nitrogens with one attached hydrogen (secondary N) is 3. The molecule has 0 aliphatic rings. The Bertz CT molecular complexity index is 807. The Hall–Kier alpha value is -3.06. The molecule has 4 amide bonds. The van der Waals surface area contributed by atoms with Gasteiger partial charge < -0.3 is 21.7 Å². The molecule has 0 aromatic heterocycles. The molecule has 7 nitrogen and oxygen atoms in total. The van der Waals surface area contributed by atoms with Gasteiger partial charge in [-0.15, -0.1) is 0 Å². The number of hydrogen-bond donors (Lipinski definition) is 4. The molecule has 0 unspecified atom stereocenters. The fourth-order valence-corrected chi connectivity index (χ4v) is 2.63. The maximum absolute atomic E-state index is 12.3. The molecule has 2 rings (SSSR count). The molecule has 5 N–H and O–H groups in total. The van der Waals surface area contributed by atoms with Gasteiger partial charge in [0.05, 0.1) is 12.5 Å². The van der Waals surface area contributed by atoms with Gasteiger partial charge in [0, 0.05) is 24.2 Å². The number of halogens is 1. The van der Waals surface area contributed by atoms with Gasteiger partial charge in [0.25, 0.3) is 0 Å². The highest BCUT2D eigenvalue weighted by atomic mass is 35.5. The van der Waals surface area contributed by atoms with Crippen LogP contribution in [0.4, 0.5) is 10.5 Å². The van der Waals surface area contributed by atoms with Crippen LogP contribution in [0.1, 0.15) is 30.5 Å². The molecule has 2 aromatic rings. The van der Waals surface area contributed by atoms with Crippen LogP contribution in [0, 0.1) is 0 Å². The Labute approximate surface area is 162 Å². The molecule has 142 valence electrons. The minimum Gasteiger partial charge on any atom is -0.352 e. The van der Waals surface area contributed by atoms with Crippen LogP contribution in [0.15, 0.2) is 48.5 Å². The van der Waals surface area contributed by atoms with Gasteiger partial charge in [-0.25, -0.2) is 4.79 Å². The van der Waals surface area contributed by atoms with E-state index in [1.54, 1.807) is 48.5 Å². The number of amides is 4. The molecule has 0 radical (unpaired) electrons. The van der Waals surface area contributed by atoms with E-state index in [9.17, 15) is 14.4 Å².